The van der Waals surface area contributed by atoms with Gasteiger partial charge in [0.1, 0.15) is 11.7 Å². The third kappa shape index (κ3) is 3.43. The highest BCUT2D eigenvalue weighted by atomic mass is 32.1. The fourth-order valence-corrected chi connectivity index (χ4v) is 6.14. The zero-order valence-corrected chi connectivity index (χ0v) is 20.5. The Hall–Kier alpha value is -3.35. The first-order valence-corrected chi connectivity index (χ1v) is 12.6. The lowest BCUT2D eigenvalue weighted by atomic mass is 9.75. The van der Waals surface area contributed by atoms with Gasteiger partial charge in [0.2, 0.25) is 0 Å². The number of piperidine rings is 1. The van der Waals surface area contributed by atoms with E-state index in [2.05, 4.69) is 43.1 Å². The van der Waals surface area contributed by atoms with Gasteiger partial charge in [-0.25, -0.2) is 0 Å². The lowest BCUT2D eigenvalue weighted by Gasteiger charge is -2.43. The molecule has 2 aliphatic heterocycles. The molecule has 3 fully saturated rings. The second-order valence-electron chi connectivity index (χ2n) is 9.85. The fourth-order valence-electron chi connectivity index (χ4n) is 5.67. The number of carbonyl (C=O) groups excluding carboxylic acids is 1. The predicted molar refractivity (Wildman–Crippen MR) is 140 cm³/mol. The van der Waals surface area contributed by atoms with Crippen molar-refractivity contribution in [2.75, 3.05) is 22.9 Å². The summed E-state index contributed by atoms with van der Waals surface area (Å²) in [5.41, 5.74) is 2.73. The number of pyridine rings is 1. The standard InChI is InChI=1S/C26H27N7OS/c1-17-12-21(15-29-23(17)27-2)32-24(34)26(8-3-9-26)33(25(32)35)20-4-5-22-19(13-20)14-30-31(22)16-18-6-10-28-11-7-18/h4-5,12-15,18,28H,3,6-11,16H2,1H3. The van der Waals surface area contributed by atoms with Crippen LogP contribution in [0.2, 0.25) is 0 Å². The number of thiocarbonyl (C=S) groups is 1. The van der Waals surface area contributed by atoms with E-state index in [0.29, 0.717) is 22.5 Å². The highest BCUT2D eigenvalue weighted by molar-refractivity contribution is 7.81. The van der Waals surface area contributed by atoms with Crippen molar-refractivity contribution in [1.29, 1.82) is 0 Å². The largest absolute Gasteiger partial charge is 0.360 e. The van der Waals surface area contributed by atoms with E-state index in [0.717, 1.165) is 61.1 Å². The van der Waals surface area contributed by atoms with Crippen LogP contribution < -0.4 is 15.1 Å². The van der Waals surface area contributed by atoms with Crippen LogP contribution in [0.15, 0.2) is 36.7 Å². The predicted octanol–water partition coefficient (Wildman–Crippen LogP) is 4.35. The summed E-state index contributed by atoms with van der Waals surface area (Å²) in [6.07, 6.45) is 8.37. The molecule has 3 aromatic rings. The first kappa shape index (κ1) is 22.1. The lowest BCUT2D eigenvalue weighted by molar-refractivity contribution is -0.123. The van der Waals surface area contributed by atoms with Gasteiger partial charge < -0.3 is 15.1 Å². The normalized spacial score (nSPS) is 20.0. The second-order valence-corrected chi connectivity index (χ2v) is 10.2. The summed E-state index contributed by atoms with van der Waals surface area (Å²) in [5.74, 6) is 0.974. The topological polar surface area (TPSA) is 70.7 Å². The molecule has 1 spiro atoms. The molecule has 2 saturated heterocycles. The number of rotatable bonds is 4. The number of nitrogens with one attached hydrogen (secondary N) is 1. The number of hydrogen-bond acceptors (Lipinski definition) is 5. The molecule has 35 heavy (non-hydrogen) atoms. The minimum atomic E-state index is -0.651. The van der Waals surface area contributed by atoms with Crippen LogP contribution in [0.25, 0.3) is 15.7 Å². The van der Waals surface area contributed by atoms with Crippen molar-refractivity contribution in [3.05, 3.63) is 53.6 Å². The molecule has 3 aliphatic rings. The Bertz CT molecular complexity index is 1380. The van der Waals surface area contributed by atoms with Crippen molar-refractivity contribution in [2.24, 2.45) is 5.92 Å². The molecule has 1 aromatic carbocycles. The molecule has 9 heteroatoms. The summed E-state index contributed by atoms with van der Waals surface area (Å²) in [7, 11) is 0. The first-order chi connectivity index (χ1) is 17.0. The van der Waals surface area contributed by atoms with Gasteiger partial charge >= 0.3 is 0 Å². The van der Waals surface area contributed by atoms with Gasteiger partial charge in [-0.1, -0.05) is 6.57 Å². The third-order valence-electron chi connectivity index (χ3n) is 7.77. The number of amides is 1. The summed E-state index contributed by atoms with van der Waals surface area (Å²) < 4.78 is 2.11. The maximum Gasteiger partial charge on any atom is 0.272 e. The second kappa shape index (κ2) is 8.40. The van der Waals surface area contributed by atoms with Crippen LogP contribution >= 0.6 is 12.2 Å². The van der Waals surface area contributed by atoms with Crippen molar-refractivity contribution in [2.45, 2.75) is 51.1 Å². The summed E-state index contributed by atoms with van der Waals surface area (Å²) in [6.45, 7) is 12.2. The Morgan fingerprint density at radius 3 is 2.69 bits per heavy atom. The Morgan fingerprint density at radius 1 is 1.20 bits per heavy atom. The van der Waals surface area contributed by atoms with E-state index in [1.54, 1.807) is 11.1 Å². The van der Waals surface area contributed by atoms with Crippen LogP contribution in [-0.4, -0.2) is 44.4 Å². The molecule has 1 amide bonds. The number of hydrogen-bond donors (Lipinski definition) is 1. The Morgan fingerprint density at radius 2 is 2.00 bits per heavy atom. The Kier molecular flexibility index (Phi) is 5.31. The number of benzene rings is 1. The average molecular weight is 486 g/mol. The smallest absolute Gasteiger partial charge is 0.272 e. The van der Waals surface area contributed by atoms with Crippen LogP contribution in [0.3, 0.4) is 0 Å². The summed E-state index contributed by atoms with van der Waals surface area (Å²) >= 11 is 5.91. The van der Waals surface area contributed by atoms with Gasteiger partial charge in [-0.3, -0.25) is 14.4 Å². The summed E-state index contributed by atoms with van der Waals surface area (Å²) in [4.78, 5) is 25.1. The van der Waals surface area contributed by atoms with Crippen molar-refractivity contribution >= 4 is 51.3 Å². The van der Waals surface area contributed by atoms with Gasteiger partial charge in [0.25, 0.3) is 11.7 Å². The van der Waals surface area contributed by atoms with E-state index < -0.39 is 5.54 Å². The molecule has 0 atom stereocenters. The number of aryl methyl sites for hydroxylation is 1. The summed E-state index contributed by atoms with van der Waals surface area (Å²) in [5, 5.41) is 9.63. The van der Waals surface area contributed by atoms with Crippen LogP contribution in [0.4, 0.5) is 17.2 Å². The highest BCUT2D eigenvalue weighted by Crippen LogP contribution is 2.48. The van der Waals surface area contributed by atoms with Gasteiger partial charge in [-0.15, -0.1) is 4.98 Å². The van der Waals surface area contributed by atoms with Gasteiger partial charge in [-0.2, -0.15) is 5.10 Å². The van der Waals surface area contributed by atoms with E-state index in [4.69, 9.17) is 18.8 Å². The maximum atomic E-state index is 13.7. The molecule has 1 saturated carbocycles. The van der Waals surface area contributed by atoms with Crippen molar-refractivity contribution in [1.82, 2.24) is 20.1 Å². The molecular formula is C26H27N7OS. The van der Waals surface area contributed by atoms with Gasteiger partial charge in [0, 0.05) is 17.6 Å². The Labute approximate surface area is 209 Å². The zero-order valence-electron chi connectivity index (χ0n) is 19.7. The van der Waals surface area contributed by atoms with Crippen molar-refractivity contribution in [3.8, 4) is 0 Å². The molecular weight excluding hydrogens is 458 g/mol. The molecule has 1 N–H and O–H groups in total. The number of nitrogens with zero attached hydrogens (tertiary/aromatic N) is 6. The zero-order chi connectivity index (χ0) is 24.2. The molecule has 8 nitrogen and oxygen atoms in total. The minimum Gasteiger partial charge on any atom is -0.360 e. The van der Waals surface area contributed by atoms with Crippen LogP contribution in [0.1, 0.15) is 37.7 Å². The minimum absolute atomic E-state index is 0.00721. The Balaban J connectivity index is 1.34. The van der Waals surface area contributed by atoms with Crippen LogP contribution in [0, 0.1) is 19.4 Å². The molecule has 2 aromatic heterocycles. The molecule has 178 valence electrons. The molecule has 6 rings (SSSR count). The van der Waals surface area contributed by atoms with Gasteiger partial charge in [-0.05, 0) is 100 Å². The SMILES string of the molecule is [C-]#[N+]c1ncc(N2C(=O)C3(CCC3)N(c3ccc4c(cnn4CC4CCNCC4)c3)C2=S)cc1C. The molecule has 0 radical (unpaired) electrons. The van der Waals surface area contributed by atoms with Gasteiger partial charge in [0.15, 0.2) is 5.11 Å². The first-order valence-electron chi connectivity index (χ1n) is 12.2. The average Bonchev–Trinajstić information content (AvgIpc) is 3.34. The monoisotopic (exact) mass is 485 g/mol. The van der Waals surface area contributed by atoms with E-state index in [1.165, 1.54) is 12.8 Å². The maximum absolute atomic E-state index is 13.7. The van der Waals surface area contributed by atoms with Crippen molar-refractivity contribution in [3.63, 3.8) is 0 Å². The molecule has 0 bridgehead atoms. The van der Waals surface area contributed by atoms with E-state index in [-0.39, 0.29) is 5.91 Å². The van der Waals surface area contributed by atoms with E-state index >= 15 is 0 Å². The fraction of sp³-hybridized carbons (Fsp3) is 0.423. The van der Waals surface area contributed by atoms with E-state index in [9.17, 15) is 4.79 Å². The van der Waals surface area contributed by atoms with Crippen molar-refractivity contribution < 1.29 is 4.79 Å². The third-order valence-corrected chi connectivity index (χ3v) is 8.13. The number of aromatic nitrogens is 3. The quantitative estimate of drug-likeness (QED) is 0.438. The van der Waals surface area contributed by atoms with E-state index in [1.807, 2.05) is 24.1 Å². The summed E-state index contributed by atoms with van der Waals surface area (Å²) in [6, 6.07) is 8.11. The lowest BCUT2D eigenvalue weighted by Crippen LogP contribution is -2.55. The van der Waals surface area contributed by atoms with Crippen LogP contribution in [0.5, 0.6) is 0 Å². The highest BCUT2D eigenvalue weighted by Gasteiger charge is 2.59. The number of carbonyl (C=O) groups is 1. The van der Waals surface area contributed by atoms with Gasteiger partial charge in [0.05, 0.1) is 17.4 Å². The van der Waals surface area contributed by atoms with Crippen LogP contribution in [-0.2, 0) is 11.3 Å². The molecule has 4 heterocycles. The number of fused-ring (bicyclic) bond motifs is 1. The number of anilines is 2. The molecule has 0 unspecified atom stereocenters. The molecule has 1 aliphatic carbocycles.